The molecule has 16 heavy (non-hydrogen) atoms. The van der Waals surface area contributed by atoms with Crippen LogP contribution in [0.25, 0.3) is 0 Å². The molecule has 1 unspecified atom stereocenters. The highest BCUT2D eigenvalue weighted by molar-refractivity contribution is 5.77. The number of esters is 1. The monoisotopic (exact) mass is 222 g/mol. The van der Waals surface area contributed by atoms with Gasteiger partial charge in [0, 0.05) is 5.56 Å². The zero-order valence-electron chi connectivity index (χ0n) is 9.10. The summed E-state index contributed by atoms with van der Waals surface area (Å²) in [5.41, 5.74) is 1.52. The molecule has 1 aliphatic heterocycles. The molecule has 0 saturated carbocycles. The molecule has 4 nitrogen and oxygen atoms in total. The Morgan fingerprint density at radius 1 is 1.56 bits per heavy atom. The van der Waals surface area contributed by atoms with Gasteiger partial charge in [0.1, 0.15) is 5.75 Å². The van der Waals surface area contributed by atoms with Crippen molar-refractivity contribution in [2.24, 2.45) is 0 Å². The van der Waals surface area contributed by atoms with E-state index in [4.69, 9.17) is 4.74 Å². The molecule has 0 amide bonds. The predicted molar refractivity (Wildman–Crippen MR) is 57.2 cm³/mol. The lowest BCUT2D eigenvalue weighted by Gasteiger charge is -2.21. The third kappa shape index (κ3) is 1.88. The molecule has 1 aliphatic rings. The Morgan fingerprint density at radius 3 is 3.12 bits per heavy atom. The van der Waals surface area contributed by atoms with Crippen molar-refractivity contribution in [2.75, 3.05) is 13.7 Å². The number of carbonyl (C=O) groups excluding carboxylic acids is 1. The Kier molecular flexibility index (Phi) is 3.10. The quantitative estimate of drug-likeness (QED) is 0.764. The van der Waals surface area contributed by atoms with Crippen LogP contribution in [0.15, 0.2) is 18.2 Å². The number of para-hydroxylation sites is 1. The van der Waals surface area contributed by atoms with Crippen LogP contribution in [0.5, 0.6) is 5.75 Å². The van der Waals surface area contributed by atoms with E-state index in [0.717, 1.165) is 18.4 Å². The standard InChI is InChI=1S/C12H14O4/c1-15-12(14)10(13)9-6-2-4-8-5-3-7-16-11(8)9/h2,4,6,10,13H,3,5,7H2,1H3. The maximum Gasteiger partial charge on any atom is 0.339 e. The number of hydrogen-bond acceptors (Lipinski definition) is 4. The number of ether oxygens (including phenoxy) is 2. The van der Waals surface area contributed by atoms with E-state index in [9.17, 15) is 9.90 Å². The first-order valence-corrected chi connectivity index (χ1v) is 5.24. The lowest BCUT2D eigenvalue weighted by Crippen LogP contribution is -2.17. The van der Waals surface area contributed by atoms with E-state index < -0.39 is 12.1 Å². The highest BCUT2D eigenvalue weighted by Gasteiger charge is 2.24. The number of methoxy groups -OCH3 is 1. The van der Waals surface area contributed by atoms with Crippen LogP contribution in [0.4, 0.5) is 0 Å². The van der Waals surface area contributed by atoms with Gasteiger partial charge in [-0.2, -0.15) is 0 Å². The Hall–Kier alpha value is -1.55. The van der Waals surface area contributed by atoms with E-state index >= 15 is 0 Å². The van der Waals surface area contributed by atoms with E-state index in [2.05, 4.69) is 4.74 Å². The highest BCUT2D eigenvalue weighted by Crippen LogP contribution is 2.33. The molecule has 1 N–H and O–H groups in total. The lowest BCUT2D eigenvalue weighted by molar-refractivity contribution is -0.150. The molecule has 0 aromatic heterocycles. The largest absolute Gasteiger partial charge is 0.493 e. The van der Waals surface area contributed by atoms with E-state index in [1.807, 2.05) is 12.1 Å². The minimum Gasteiger partial charge on any atom is -0.493 e. The number of aryl methyl sites for hydroxylation is 1. The zero-order chi connectivity index (χ0) is 11.5. The fourth-order valence-corrected chi connectivity index (χ4v) is 1.87. The van der Waals surface area contributed by atoms with Gasteiger partial charge in [0.15, 0.2) is 6.10 Å². The second-order valence-electron chi connectivity index (χ2n) is 3.71. The van der Waals surface area contributed by atoms with Crippen molar-refractivity contribution in [3.8, 4) is 5.75 Å². The summed E-state index contributed by atoms with van der Waals surface area (Å²) >= 11 is 0. The number of aliphatic hydroxyl groups excluding tert-OH is 1. The van der Waals surface area contributed by atoms with Gasteiger partial charge < -0.3 is 14.6 Å². The average molecular weight is 222 g/mol. The van der Waals surface area contributed by atoms with Gasteiger partial charge in [0.05, 0.1) is 13.7 Å². The van der Waals surface area contributed by atoms with Crippen LogP contribution in [0.1, 0.15) is 23.7 Å². The van der Waals surface area contributed by atoms with Crippen LogP contribution in [0, 0.1) is 0 Å². The molecule has 86 valence electrons. The second-order valence-corrected chi connectivity index (χ2v) is 3.71. The summed E-state index contributed by atoms with van der Waals surface area (Å²) in [5.74, 6) is -0.0331. The maximum absolute atomic E-state index is 11.3. The lowest BCUT2D eigenvalue weighted by atomic mass is 9.99. The minimum atomic E-state index is -1.27. The molecule has 1 aromatic carbocycles. The number of fused-ring (bicyclic) bond motifs is 1. The first-order chi connectivity index (χ1) is 7.74. The van der Waals surface area contributed by atoms with Gasteiger partial charge in [0.25, 0.3) is 0 Å². The van der Waals surface area contributed by atoms with Crippen LogP contribution in [-0.4, -0.2) is 24.8 Å². The normalized spacial score (nSPS) is 15.9. The van der Waals surface area contributed by atoms with Crippen LogP contribution in [0.2, 0.25) is 0 Å². The third-order valence-corrected chi connectivity index (χ3v) is 2.68. The molecule has 0 spiro atoms. The molecule has 0 bridgehead atoms. The SMILES string of the molecule is COC(=O)C(O)c1cccc2c1OCCC2. The van der Waals surface area contributed by atoms with Crippen molar-refractivity contribution in [3.63, 3.8) is 0 Å². The Bertz CT molecular complexity index is 400. The van der Waals surface area contributed by atoms with Crippen molar-refractivity contribution in [2.45, 2.75) is 18.9 Å². The van der Waals surface area contributed by atoms with Crippen LogP contribution >= 0.6 is 0 Å². The molecular weight excluding hydrogens is 208 g/mol. The van der Waals surface area contributed by atoms with Gasteiger partial charge in [-0.05, 0) is 18.4 Å². The smallest absolute Gasteiger partial charge is 0.339 e. The molecule has 0 fully saturated rings. The number of hydrogen-bond donors (Lipinski definition) is 1. The number of carbonyl (C=O) groups is 1. The summed E-state index contributed by atoms with van der Waals surface area (Å²) in [4.78, 5) is 11.3. The fraction of sp³-hybridized carbons (Fsp3) is 0.417. The van der Waals surface area contributed by atoms with Gasteiger partial charge in [-0.15, -0.1) is 0 Å². The van der Waals surface area contributed by atoms with E-state index in [0.29, 0.717) is 17.9 Å². The summed E-state index contributed by atoms with van der Waals surface area (Å²) in [7, 11) is 1.25. The van der Waals surface area contributed by atoms with Gasteiger partial charge in [-0.3, -0.25) is 0 Å². The van der Waals surface area contributed by atoms with Crippen molar-refractivity contribution in [1.29, 1.82) is 0 Å². The van der Waals surface area contributed by atoms with Gasteiger partial charge in [0.2, 0.25) is 0 Å². The molecule has 1 aromatic rings. The summed E-state index contributed by atoms with van der Waals surface area (Å²) in [5, 5.41) is 9.79. The predicted octanol–water partition coefficient (Wildman–Crippen LogP) is 1.22. The highest BCUT2D eigenvalue weighted by atomic mass is 16.5. The molecule has 2 rings (SSSR count). The van der Waals surface area contributed by atoms with E-state index in [1.165, 1.54) is 7.11 Å². The Morgan fingerprint density at radius 2 is 2.38 bits per heavy atom. The van der Waals surface area contributed by atoms with Crippen molar-refractivity contribution >= 4 is 5.97 Å². The third-order valence-electron chi connectivity index (χ3n) is 2.68. The van der Waals surface area contributed by atoms with Gasteiger partial charge in [-0.1, -0.05) is 18.2 Å². The van der Waals surface area contributed by atoms with Crippen molar-refractivity contribution in [3.05, 3.63) is 29.3 Å². The van der Waals surface area contributed by atoms with Gasteiger partial charge >= 0.3 is 5.97 Å². The zero-order valence-corrected chi connectivity index (χ0v) is 9.10. The topological polar surface area (TPSA) is 55.8 Å². The van der Waals surface area contributed by atoms with E-state index in [-0.39, 0.29) is 0 Å². The number of benzene rings is 1. The Balaban J connectivity index is 2.37. The molecule has 4 heteroatoms. The molecule has 1 heterocycles. The number of aliphatic hydroxyl groups is 1. The van der Waals surface area contributed by atoms with Gasteiger partial charge in [-0.25, -0.2) is 4.79 Å². The first kappa shape index (κ1) is 11.0. The number of rotatable bonds is 2. The van der Waals surface area contributed by atoms with Crippen LogP contribution in [-0.2, 0) is 16.0 Å². The summed E-state index contributed by atoms with van der Waals surface area (Å²) in [6.45, 7) is 0.623. The second kappa shape index (κ2) is 4.53. The summed E-state index contributed by atoms with van der Waals surface area (Å²) < 4.78 is 10.0. The van der Waals surface area contributed by atoms with Crippen molar-refractivity contribution < 1.29 is 19.4 Å². The van der Waals surface area contributed by atoms with Crippen LogP contribution in [0.3, 0.4) is 0 Å². The molecule has 0 radical (unpaired) electrons. The van der Waals surface area contributed by atoms with Crippen molar-refractivity contribution in [1.82, 2.24) is 0 Å². The molecule has 1 atom stereocenters. The summed E-state index contributed by atoms with van der Waals surface area (Å²) in [6, 6.07) is 5.45. The first-order valence-electron chi connectivity index (χ1n) is 5.24. The maximum atomic E-state index is 11.3. The molecular formula is C12H14O4. The summed E-state index contributed by atoms with van der Waals surface area (Å²) in [6.07, 6.45) is 0.611. The fourth-order valence-electron chi connectivity index (χ4n) is 1.87. The minimum absolute atomic E-state index is 0.490. The Labute approximate surface area is 93.8 Å². The average Bonchev–Trinajstić information content (AvgIpc) is 2.36. The van der Waals surface area contributed by atoms with E-state index in [1.54, 1.807) is 6.07 Å². The molecule has 0 aliphatic carbocycles. The van der Waals surface area contributed by atoms with Crippen LogP contribution < -0.4 is 4.74 Å². The molecule has 0 saturated heterocycles.